The monoisotopic (exact) mass is 358 g/mol. The molecule has 0 saturated heterocycles. The van der Waals surface area contributed by atoms with E-state index in [-0.39, 0.29) is 5.91 Å². The zero-order valence-corrected chi connectivity index (χ0v) is 14.6. The molecule has 1 heterocycles. The number of carbonyl (C=O) groups is 1. The Morgan fingerprint density at radius 2 is 1.58 bits per heavy atom. The summed E-state index contributed by atoms with van der Waals surface area (Å²) >= 11 is 6.20. The molecule has 0 aromatic heterocycles. The number of carbonyl (C=O) groups excluding carboxylic acids is 1. The smallest absolute Gasteiger partial charge is 0.274 e. The Balaban J connectivity index is 1.93. The molecule has 126 valence electrons. The molecule has 4 rings (SSSR count). The van der Waals surface area contributed by atoms with Crippen molar-refractivity contribution in [3.05, 3.63) is 106 Å². The zero-order chi connectivity index (χ0) is 17.9. The highest BCUT2D eigenvalue weighted by molar-refractivity contribution is 6.32. The third kappa shape index (κ3) is 3.30. The van der Waals surface area contributed by atoms with Crippen molar-refractivity contribution >= 4 is 35.0 Å². The number of amides is 1. The molecule has 3 aromatic rings. The third-order valence-electron chi connectivity index (χ3n) is 4.10. The largest absolute Gasteiger partial charge is 0.320 e. The lowest BCUT2D eigenvalue weighted by Crippen LogP contribution is -2.12. The quantitative estimate of drug-likeness (QED) is 0.631. The van der Waals surface area contributed by atoms with Crippen LogP contribution in [0.3, 0.4) is 0 Å². The number of nitrogens with zero attached hydrogens (tertiary/aromatic N) is 1. The van der Waals surface area contributed by atoms with E-state index in [0.717, 1.165) is 16.7 Å². The van der Waals surface area contributed by atoms with Crippen LogP contribution in [0.2, 0.25) is 5.02 Å². The highest BCUT2D eigenvalue weighted by atomic mass is 35.5. The number of rotatable bonds is 2. The number of nitrogens with one attached hydrogen (secondary N) is 1. The van der Waals surface area contributed by atoms with Crippen molar-refractivity contribution in [1.29, 1.82) is 0 Å². The van der Waals surface area contributed by atoms with Gasteiger partial charge in [-0.15, -0.1) is 0 Å². The van der Waals surface area contributed by atoms with Crippen molar-refractivity contribution in [3.63, 3.8) is 0 Å². The van der Waals surface area contributed by atoms with Crippen LogP contribution in [0.25, 0.3) is 6.08 Å². The molecule has 0 unspecified atom stereocenters. The van der Waals surface area contributed by atoms with Crippen molar-refractivity contribution in [3.8, 4) is 0 Å². The minimum Gasteiger partial charge on any atom is -0.320 e. The second kappa shape index (κ2) is 6.98. The van der Waals surface area contributed by atoms with Gasteiger partial charge in [0.1, 0.15) is 5.70 Å². The molecule has 3 aromatic carbocycles. The van der Waals surface area contributed by atoms with Gasteiger partial charge in [-0.25, -0.2) is 4.99 Å². The lowest BCUT2D eigenvalue weighted by atomic mass is 10.0. The first kappa shape index (κ1) is 16.3. The molecule has 0 atom stereocenters. The zero-order valence-electron chi connectivity index (χ0n) is 13.8. The number of aliphatic imine (C=N–C) groups is 1. The first-order valence-corrected chi connectivity index (χ1v) is 8.61. The van der Waals surface area contributed by atoms with Crippen LogP contribution in [0.1, 0.15) is 16.7 Å². The van der Waals surface area contributed by atoms with E-state index in [9.17, 15) is 4.79 Å². The molecule has 26 heavy (non-hydrogen) atoms. The van der Waals surface area contributed by atoms with Gasteiger partial charge in [0.05, 0.1) is 11.4 Å². The Morgan fingerprint density at radius 1 is 0.885 bits per heavy atom. The second-order valence-corrected chi connectivity index (χ2v) is 6.35. The lowest BCUT2D eigenvalue weighted by molar-refractivity contribution is -0.112. The van der Waals surface area contributed by atoms with E-state index in [1.807, 2.05) is 66.7 Å². The SMILES string of the molecule is O=C1Nc2ccc(Cl)cc2C(c2ccccc2)=N/C1=C\c1ccccc1. The maximum Gasteiger partial charge on any atom is 0.274 e. The van der Waals surface area contributed by atoms with Crippen molar-refractivity contribution in [2.75, 3.05) is 5.32 Å². The molecule has 0 fully saturated rings. The molecule has 0 saturated carbocycles. The van der Waals surface area contributed by atoms with Crippen LogP contribution in [-0.2, 0) is 4.79 Å². The van der Waals surface area contributed by atoms with E-state index >= 15 is 0 Å². The van der Waals surface area contributed by atoms with Crippen LogP contribution >= 0.6 is 11.6 Å². The fourth-order valence-corrected chi connectivity index (χ4v) is 3.03. The number of benzodiazepines with no additional fused rings is 1. The van der Waals surface area contributed by atoms with Crippen LogP contribution in [0.4, 0.5) is 5.69 Å². The molecule has 0 aliphatic carbocycles. The van der Waals surface area contributed by atoms with Crippen LogP contribution < -0.4 is 5.32 Å². The van der Waals surface area contributed by atoms with Crippen LogP contribution in [-0.4, -0.2) is 11.6 Å². The predicted molar refractivity (Wildman–Crippen MR) is 107 cm³/mol. The molecule has 3 nitrogen and oxygen atoms in total. The molecule has 1 amide bonds. The third-order valence-corrected chi connectivity index (χ3v) is 4.34. The highest BCUT2D eigenvalue weighted by Crippen LogP contribution is 2.28. The number of anilines is 1. The Kier molecular flexibility index (Phi) is 4.38. The molecule has 4 heteroatoms. The summed E-state index contributed by atoms with van der Waals surface area (Å²) in [5.41, 5.74) is 4.39. The molecule has 1 aliphatic heterocycles. The van der Waals surface area contributed by atoms with E-state index < -0.39 is 0 Å². The van der Waals surface area contributed by atoms with Crippen molar-refractivity contribution in [2.45, 2.75) is 0 Å². The highest BCUT2D eigenvalue weighted by Gasteiger charge is 2.21. The average Bonchev–Trinajstić information content (AvgIpc) is 2.80. The molecule has 0 spiro atoms. The van der Waals surface area contributed by atoms with Gasteiger partial charge in [0.15, 0.2) is 0 Å². The summed E-state index contributed by atoms with van der Waals surface area (Å²) in [6.45, 7) is 0. The maximum atomic E-state index is 12.7. The van der Waals surface area contributed by atoms with E-state index in [1.54, 1.807) is 18.2 Å². The number of hydrogen-bond donors (Lipinski definition) is 1. The number of fused-ring (bicyclic) bond motifs is 1. The Hall–Kier alpha value is -3.17. The van der Waals surface area contributed by atoms with Crippen LogP contribution in [0.15, 0.2) is 89.6 Å². The summed E-state index contributed by atoms with van der Waals surface area (Å²) in [5, 5.41) is 3.53. The number of hydrogen-bond acceptors (Lipinski definition) is 2. The standard InChI is InChI=1S/C22H15ClN2O/c23-17-11-12-19-18(14-17)21(16-9-5-2-6-10-16)24-20(22(26)25-19)13-15-7-3-1-4-8-15/h1-14H,(H,25,26)/b20-13-. The van der Waals surface area contributed by atoms with E-state index in [1.165, 1.54) is 0 Å². The maximum absolute atomic E-state index is 12.7. The van der Waals surface area contributed by atoms with E-state index in [4.69, 9.17) is 16.6 Å². The van der Waals surface area contributed by atoms with Gasteiger partial charge < -0.3 is 5.32 Å². The molecule has 0 bridgehead atoms. The van der Waals surface area contributed by atoms with Crippen molar-refractivity contribution < 1.29 is 4.79 Å². The lowest BCUT2D eigenvalue weighted by Gasteiger charge is -2.10. The minimum atomic E-state index is -0.247. The van der Waals surface area contributed by atoms with Gasteiger partial charge >= 0.3 is 0 Å². The van der Waals surface area contributed by atoms with Gasteiger partial charge in [0, 0.05) is 16.1 Å². The first-order valence-electron chi connectivity index (χ1n) is 8.23. The fraction of sp³-hybridized carbons (Fsp3) is 0. The fourth-order valence-electron chi connectivity index (χ4n) is 2.86. The summed E-state index contributed by atoms with van der Waals surface area (Å²) in [5.74, 6) is -0.247. The number of halogens is 1. The van der Waals surface area contributed by atoms with Crippen LogP contribution in [0.5, 0.6) is 0 Å². The van der Waals surface area contributed by atoms with Crippen LogP contribution in [0, 0.1) is 0 Å². The summed E-state index contributed by atoms with van der Waals surface area (Å²) in [6.07, 6.45) is 1.78. The predicted octanol–water partition coefficient (Wildman–Crippen LogP) is 5.17. The van der Waals surface area contributed by atoms with E-state index in [2.05, 4.69) is 5.32 Å². The summed E-state index contributed by atoms with van der Waals surface area (Å²) < 4.78 is 0. The van der Waals surface area contributed by atoms with Gasteiger partial charge in [-0.1, -0.05) is 72.3 Å². The van der Waals surface area contributed by atoms with Gasteiger partial charge in [-0.3, -0.25) is 4.79 Å². The van der Waals surface area contributed by atoms with E-state index in [0.29, 0.717) is 22.1 Å². The minimum absolute atomic E-state index is 0.247. The molecular weight excluding hydrogens is 344 g/mol. The second-order valence-electron chi connectivity index (χ2n) is 5.91. The summed E-state index contributed by atoms with van der Waals surface area (Å²) in [4.78, 5) is 17.4. The molecule has 1 aliphatic rings. The summed E-state index contributed by atoms with van der Waals surface area (Å²) in [6, 6.07) is 24.8. The molecule has 1 N–H and O–H groups in total. The number of benzene rings is 3. The van der Waals surface area contributed by atoms with Gasteiger partial charge in [0.2, 0.25) is 0 Å². The Bertz CT molecular complexity index is 1020. The topological polar surface area (TPSA) is 41.5 Å². The normalized spacial score (nSPS) is 15.0. The average molecular weight is 359 g/mol. The van der Waals surface area contributed by atoms with Gasteiger partial charge in [-0.05, 0) is 29.8 Å². The van der Waals surface area contributed by atoms with Gasteiger partial charge in [0.25, 0.3) is 5.91 Å². The molecular formula is C22H15ClN2O. The molecule has 0 radical (unpaired) electrons. The summed E-state index contributed by atoms with van der Waals surface area (Å²) in [7, 11) is 0. The van der Waals surface area contributed by atoms with Gasteiger partial charge in [-0.2, -0.15) is 0 Å². The first-order chi connectivity index (χ1) is 12.7. The Morgan fingerprint density at radius 3 is 2.31 bits per heavy atom. The van der Waals surface area contributed by atoms with Crippen molar-refractivity contribution in [1.82, 2.24) is 0 Å². The Labute approximate surface area is 156 Å². The van der Waals surface area contributed by atoms with Crippen molar-refractivity contribution in [2.24, 2.45) is 4.99 Å².